The van der Waals surface area contributed by atoms with Gasteiger partial charge in [0.05, 0.1) is 13.5 Å². The molecule has 1 aromatic carbocycles. The minimum Gasteiger partial charge on any atom is -0.496 e. The number of methoxy groups -OCH3 is 1. The highest BCUT2D eigenvalue weighted by atomic mass is 32.1. The third-order valence-electron chi connectivity index (χ3n) is 2.84. The van der Waals surface area contributed by atoms with Crippen LogP contribution in [-0.4, -0.2) is 23.2 Å². The van der Waals surface area contributed by atoms with Crippen LogP contribution < -0.4 is 10.1 Å². The number of nitrogens with one attached hydrogen (secondary N) is 1. The van der Waals surface area contributed by atoms with Crippen LogP contribution in [-0.2, 0) is 17.6 Å². The number of amides is 1. The third kappa shape index (κ3) is 4.53. The van der Waals surface area contributed by atoms with Crippen molar-refractivity contribution in [3.63, 3.8) is 0 Å². The SMILES string of the molecule is COc1ccccc1CC(=O)Nc1nnc(CC(C)C)s1. The molecule has 0 atom stereocenters. The van der Waals surface area contributed by atoms with Crippen molar-refractivity contribution in [2.24, 2.45) is 5.92 Å². The summed E-state index contributed by atoms with van der Waals surface area (Å²) in [7, 11) is 1.60. The molecule has 2 aromatic rings. The summed E-state index contributed by atoms with van der Waals surface area (Å²) in [5.41, 5.74) is 0.851. The molecule has 112 valence electrons. The molecule has 2 rings (SSSR count). The Balaban J connectivity index is 1.97. The van der Waals surface area contributed by atoms with E-state index in [0.29, 0.717) is 16.8 Å². The lowest BCUT2D eigenvalue weighted by Gasteiger charge is -2.07. The lowest BCUT2D eigenvalue weighted by molar-refractivity contribution is -0.115. The summed E-state index contributed by atoms with van der Waals surface area (Å²) >= 11 is 1.42. The minimum absolute atomic E-state index is 0.119. The summed E-state index contributed by atoms with van der Waals surface area (Å²) < 4.78 is 5.24. The van der Waals surface area contributed by atoms with E-state index in [1.54, 1.807) is 7.11 Å². The van der Waals surface area contributed by atoms with Crippen molar-refractivity contribution in [1.29, 1.82) is 0 Å². The number of anilines is 1. The summed E-state index contributed by atoms with van der Waals surface area (Å²) in [6.07, 6.45) is 1.13. The summed E-state index contributed by atoms with van der Waals surface area (Å²) in [5.74, 6) is 1.12. The van der Waals surface area contributed by atoms with Gasteiger partial charge in [0.25, 0.3) is 0 Å². The van der Waals surface area contributed by atoms with Crippen LogP contribution in [0.4, 0.5) is 5.13 Å². The first kappa shape index (κ1) is 15.4. The number of ether oxygens (including phenoxy) is 1. The molecule has 0 saturated heterocycles. The maximum atomic E-state index is 12.1. The topological polar surface area (TPSA) is 64.1 Å². The zero-order chi connectivity index (χ0) is 15.2. The molecule has 0 radical (unpaired) electrons. The van der Waals surface area contributed by atoms with Crippen LogP contribution in [0.5, 0.6) is 5.75 Å². The molecule has 0 bridgehead atoms. The fourth-order valence-electron chi connectivity index (χ4n) is 1.92. The highest BCUT2D eigenvalue weighted by molar-refractivity contribution is 7.15. The maximum Gasteiger partial charge on any atom is 0.230 e. The second kappa shape index (κ2) is 7.17. The largest absolute Gasteiger partial charge is 0.496 e. The number of nitrogens with zero attached hydrogens (tertiary/aromatic N) is 2. The minimum atomic E-state index is -0.119. The maximum absolute atomic E-state index is 12.1. The number of carbonyl (C=O) groups is 1. The summed E-state index contributed by atoms with van der Waals surface area (Å²) in [5, 5.41) is 12.4. The van der Waals surface area contributed by atoms with E-state index in [0.717, 1.165) is 17.0 Å². The predicted octanol–water partition coefficient (Wildman–Crippen LogP) is 2.93. The van der Waals surface area contributed by atoms with E-state index in [9.17, 15) is 4.79 Å². The molecule has 1 amide bonds. The number of para-hydroxylation sites is 1. The van der Waals surface area contributed by atoms with E-state index < -0.39 is 0 Å². The third-order valence-corrected chi connectivity index (χ3v) is 3.70. The zero-order valence-electron chi connectivity index (χ0n) is 12.4. The summed E-state index contributed by atoms with van der Waals surface area (Å²) in [6, 6.07) is 7.48. The number of aromatic nitrogens is 2. The lowest BCUT2D eigenvalue weighted by Crippen LogP contribution is -2.14. The lowest BCUT2D eigenvalue weighted by atomic mass is 10.1. The molecular weight excluding hydrogens is 286 g/mol. The van der Waals surface area contributed by atoms with Crippen molar-refractivity contribution in [1.82, 2.24) is 10.2 Å². The van der Waals surface area contributed by atoms with E-state index >= 15 is 0 Å². The van der Waals surface area contributed by atoms with Crippen LogP contribution in [0.2, 0.25) is 0 Å². The molecular formula is C15H19N3O2S. The Bertz CT molecular complexity index is 610. The van der Waals surface area contributed by atoms with Gasteiger partial charge >= 0.3 is 0 Å². The standard InChI is InChI=1S/C15H19N3O2S/c1-10(2)8-14-17-18-15(21-14)16-13(19)9-11-6-4-5-7-12(11)20-3/h4-7,10H,8-9H2,1-3H3,(H,16,18,19). The number of hydrogen-bond donors (Lipinski definition) is 1. The van der Waals surface area contributed by atoms with Crippen LogP contribution in [0.15, 0.2) is 24.3 Å². The van der Waals surface area contributed by atoms with Crippen LogP contribution in [0.3, 0.4) is 0 Å². The Kier molecular flexibility index (Phi) is 5.27. The molecule has 1 heterocycles. The van der Waals surface area contributed by atoms with Gasteiger partial charge in [-0.2, -0.15) is 0 Å². The fraction of sp³-hybridized carbons (Fsp3) is 0.400. The molecule has 0 saturated carbocycles. The number of benzene rings is 1. The number of carbonyl (C=O) groups excluding carboxylic acids is 1. The highest BCUT2D eigenvalue weighted by Gasteiger charge is 2.12. The van der Waals surface area contributed by atoms with Crippen LogP contribution in [0.25, 0.3) is 0 Å². The van der Waals surface area contributed by atoms with Crippen LogP contribution >= 0.6 is 11.3 Å². The molecule has 0 aliphatic heterocycles. The van der Waals surface area contributed by atoms with Gasteiger partial charge in [0.2, 0.25) is 11.0 Å². The average molecular weight is 305 g/mol. The van der Waals surface area contributed by atoms with E-state index in [2.05, 4.69) is 29.4 Å². The van der Waals surface area contributed by atoms with Crippen molar-refractivity contribution in [3.8, 4) is 5.75 Å². The molecule has 1 N–H and O–H groups in total. The van der Waals surface area contributed by atoms with Gasteiger partial charge in [-0.25, -0.2) is 0 Å². The molecule has 5 nitrogen and oxygen atoms in total. The second-order valence-corrected chi connectivity index (χ2v) is 6.20. The molecule has 21 heavy (non-hydrogen) atoms. The number of hydrogen-bond acceptors (Lipinski definition) is 5. The van der Waals surface area contributed by atoms with Crippen molar-refractivity contribution < 1.29 is 9.53 Å². The molecule has 1 aromatic heterocycles. The van der Waals surface area contributed by atoms with Gasteiger partial charge in [0.1, 0.15) is 10.8 Å². The second-order valence-electron chi connectivity index (χ2n) is 5.14. The van der Waals surface area contributed by atoms with Gasteiger partial charge in [0.15, 0.2) is 0 Å². The molecule has 0 spiro atoms. The van der Waals surface area contributed by atoms with E-state index in [-0.39, 0.29) is 12.3 Å². The van der Waals surface area contributed by atoms with Gasteiger partial charge < -0.3 is 10.1 Å². The molecule has 0 fully saturated rings. The fourth-order valence-corrected chi connectivity index (χ4v) is 2.89. The first-order chi connectivity index (χ1) is 10.1. The van der Waals surface area contributed by atoms with Crippen molar-refractivity contribution in [2.45, 2.75) is 26.7 Å². The highest BCUT2D eigenvalue weighted by Crippen LogP contribution is 2.20. The quantitative estimate of drug-likeness (QED) is 0.891. The van der Waals surface area contributed by atoms with Gasteiger partial charge in [-0.15, -0.1) is 10.2 Å². The van der Waals surface area contributed by atoms with Gasteiger partial charge in [-0.05, 0) is 12.0 Å². The Hall–Kier alpha value is -1.95. The van der Waals surface area contributed by atoms with E-state index in [1.165, 1.54) is 11.3 Å². The van der Waals surface area contributed by atoms with Crippen LogP contribution in [0.1, 0.15) is 24.4 Å². The molecule has 0 aliphatic rings. The Morgan fingerprint density at radius 1 is 1.33 bits per heavy atom. The zero-order valence-corrected chi connectivity index (χ0v) is 13.2. The normalized spacial score (nSPS) is 10.7. The van der Waals surface area contributed by atoms with Crippen LogP contribution in [0, 0.1) is 5.92 Å². The number of rotatable bonds is 6. The molecule has 0 aliphatic carbocycles. The van der Waals surface area contributed by atoms with E-state index in [1.807, 2.05) is 24.3 Å². The van der Waals surface area contributed by atoms with Crippen molar-refractivity contribution >= 4 is 22.4 Å². The van der Waals surface area contributed by atoms with Gasteiger partial charge in [-0.1, -0.05) is 43.4 Å². The average Bonchev–Trinajstić information content (AvgIpc) is 2.85. The first-order valence-corrected chi connectivity index (χ1v) is 7.64. The Labute approximate surface area is 128 Å². The van der Waals surface area contributed by atoms with E-state index in [4.69, 9.17) is 4.74 Å². The van der Waals surface area contributed by atoms with Crippen molar-refractivity contribution in [3.05, 3.63) is 34.8 Å². The summed E-state index contributed by atoms with van der Waals surface area (Å²) in [6.45, 7) is 4.25. The smallest absolute Gasteiger partial charge is 0.230 e. The monoisotopic (exact) mass is 305 g/mol. The first-order valence-electron chi connectivity index (χ1n) is 6.82. The Morgan fingerprint density at radius 3 is 2.81 bits per heavy atom. The molecule has 6 heteroatoms. The van der Waals surface area contributed by atoms with Gasteiger partial charge in [0, 0.05) is 12.0 Å². The summed E-state index contributed by atoms with van der Waals surface area (Å²) in [4.78, 5) is 12.1. The Morgan fingerprint density at radius 2 is 2.10 bits per heavy atom. The molecule has 0 unspecified atom stereocenters. The van der Waals surface area contributed by atoms with Crippen molar-refractivity contribution in [2.75, 3.05) is 12.4 Å². The van der Waals surface area contributed by atoms with Gasteiger partial charge in [-0.3, -0.25) is 4.79 Å². The predicted molar refractivity (Wildman–Crippen MR) is 83.8 cm³/mol.